The van der Waals surface area contributed by atoms with E-state index in [2.05, 4.69) is 22.1 Å². The number of nitrogens with zero attached hydrogens (tertiary/aromatic N) is 2. The molecule has 2 fully saturated rings. The fourth-order valence-corrected chi connectivity index (χ4v) is 5.83. The van der Waals surface area contributed by atoms with E-state index < -0.39 is 0 Å². The smallest absolute Gasteiger partial charge is 0.224 e. The highest BCUT2D eigenvalue weighted by atomic mass is 16.5. The summed E-state index contributed by atoms with van der Waals surface area (Å²) in [6, 6.07) is 5.49. The molecule has 0 unspecified atom stereocenters. The maximum absolute atomic E-state index is 13.4. The van der Waals surface area contributed by atoms with Crippen molar-refractivity contribution in [2.45, 2.75) is 77.7 Å². The normalized spacial score (nSPS) is 19.2. The fourth-order valence-electron chi connectivity index (χ4n) is 5.83. The Kier molecular flexibility index (Phi) is 9.47. The van der Waals surface area contributed by atoms with Gasteiger partial charge < -0.3 is 24.7 Å². The van der Waals surface area contributed by atoms with E-state index in [1.165, 1.54) is 0 Å². The summed E-state index contributed by atoms with van der Waals surface area (Å²) in [7, 11) is 3.27. The summed E-state index contributed by atoms with van der Waals surface area (Å²) in [5, 5.41) is 3.35. The molecular formula is C30H44N4O4. The summed E-state index contributed by atoms with van der Waals surface area (Å²) < 4.78 is 10.9. The molecule has 2 atom stereocenters. The average Bonchev–Trinajstić information content (AvgIpc) is 3.42. The van der Waals surface area contributed by atoms with Crippen LogP contribution in [0.2, 0.25) is 0 Å². The number of nitrogens with one attached hydrogen (secondary N) is 2. The number of rotatable bonds is 14. The number of Topliss-reactive ketones (excluding diaryl/α,β-unsaturated/α-hetero) is 1. The lowest BCUT2D eigenvalue weighted by Crippen LogP contribution is -2.37. The molecular weight excluding hydrogens is 480 g/mol. The van der Waals surface area contributed by atoms with E-state index in [4.69, 9.17) is 14.5 Å². The van der Waals surface area contributed by atoms with Crippen LogP contribution in [0.3, 0.4) is 0 Å². The number of hydrogen-bond acceptors (Lipinski definition) is 6. The molecule has 1 aliphatic carbocycles. The van der Waals surface area contributed by atoms with Crippen molar-refractivity contribution in [2.75, 3.05) is 33.9 Å². The zero-order valence-electron chi connectivity index (χ0n) is 23.5. The molecule has 1 saturated heterocycles. The van der Waals surface area contributed by atoms with Crippen molar-refractivity contribution >= 4 is 11.7 Å². The summed E-state index contributed by atoms with van der Waals surface area (Å²) in [5.74, 6) is 2.74. The predicted molar refractivity (Wildman–Crippen MR) is 148 cm³/mol. The van der Waals surface area contributed by atoms with Gasteiger partial charge in [0.2, 0.25) is 5.91 Å². The summed E-state index contributed by atoms with van der Waals surface area (Å²) >= 11 is 0. The lowest BCUT2D eigenvalue weighted by Gasteiger charge is -2.32. The summed E-state index contributed by atoms with van der Waals surface area (Å²) in [4.78, 5) is 35.7. The molecule has 0 bridgehead atoms. The number of H-pyrrole nitrogens is 1. The van der Waals surface area contributed by atoms with Crippen LogP contribution in [0.25, 0.3) is 11.3 Å². The number of carbonyl (C=O) groups excluding carboxylic acids is 2. The molecule has 1 aromatic heterocycles. The highest BCUT2D eigenvalue weighted by molar-refractivity contribution is 5.83. The molecule has 2 aliphatic rings. The van der Waals surface area contributed by atoms with Crippen molar-refractivity contribution in [1.82, 2.24) is 20.2 Å². The molecule has 1 aliphatic heterocycles. The summed E-state index contributed by atoms with van der Waals surface area (Å²) in [6.07, 6.45) is 9.79. The largest absolute Gasteiger partial charge is 0.497 e. The Morgan fingerprint density at radius 3 is 2.63 bits per heavy atom. The number of hydrogen-bond donors (Lipinski definition) is 2. The maximum Gasteiger partial charge on any atom is 0.224 e. The number of aromatic amines is 1. The zero-order valence-corrected chi connectivity index (χ0v) is 23.5. The topological polar surface area (TPSA) is 96.6 Å². The average molecular weight is 525 g/mol. The number of benzene rings is 1. The first-order chi connectivity index (χ1) is 18.4. The zero-order chi connectivity index (χ0) is 27.1. The number of amides is 1. The molecule has 0 radical (unpaired) electrons. The number of ether oxygens (including phenoxy) is 2. The first kappa shape index (κ1) is 28.1. The third-order valence-electron chi connectivity index (χ3n) is 8.59. The molecule has 1 amide bonds. The van der Waals surface area contributed by atoms with Crippen LogP contribution >= 0.6 is 0 Å². The number of carbonyl (C=O) groups is 2. The molecule has 8 nitrogen and oxygen atoms in total. The van der Waals surface area contributed by atoms with Gasteiger partial charge in [-0.2, -0.15) is 0 Å². The number of methoxy groups -OCH3 is 2. The minimum absolute atomic E-state index is 0.0993. The van der Waals surface area contributed by atoms with Gasteiger partial charge in [-0.25, -0.2) is 4.98 Å². The molecule has 208 valence electrons. The fraction of sp³-hybridized carbons (Fsp3) is 0.633. The van der Waals surface area contributed by atoms with Crippen molar-refractivity contribution < 1.29 is 19.1 Å². The van der Waals surface area contributed by atoms with Gasteiger partial charge in [-0.15, -0.1) is 0 Å². The van der Waals surface area contributed by atoms with Crippen LogP contribution < -0.4 is 14.8 Å². The van der Waals surface area contributed by atoms with Crippen molar-refractivity contribution in [2.24, 2.45) is 11.3 Å². The van der Waals surface area contributed by atoms with Gasteiger partial charge in [0.05, 0.1) is 32.2 Å². The van der Waals surface area contributed by atoms with Crippen LogP contribution in [0.15, 0.2) is 24.4 Å². The lowest BCUT2D eigenvalue weighted by atomic mass is 9.90. The van der Waals surface area contributed by atoms with Crippen molar-refractivity contribution in [1.29, 1.82) is 0 Å². The number of likely N-dealkylation sites (tertiary alicyclic amines) is 1. The van der Waals surface area contributed by atoms with E-state index in [-0.39, 0.29) is 23.3 Å². The lowest BCUT2D eigenvalue weighted by molar-refractivity contribution is -0.124. The minimum atomic E-state index is -0.198. The minimum Gasteiger partial charge on any atom is -0.497 e. The predicted octanol–water partition coefficient (Wildman–Crippen LogP) is 5.30. The van der Waals surface area contributed by atoms with E-state index >= 15 is 0 Å². The second-order valence-corrected chi connectivity index (χ2v) is 10.9. The first-order valence-corrected chi connectivity index (χ1v) is 14.2. The number of ketones is 1. The number of aromatic nitrogens is 2. The Bertz CT molecular complexity index is 1090. The van der Waals surface area contributed by atoms with Crippen LogP contribution in [-0.4, -0.2) is 60.4 Å². The van der Waals surface area contributed by atoms with E-state index in [0.29, 0.717) is 24.4 Å². The van der Waals surface area contributed by atoms with E-state index in [1.807, 2.05) is 25.1 Å². The van der Waals surface area contributed by atoms with Gasteiger partial charge in [0.15, 0.2) is 0 Å². The molecule has 2 N–H and O–H groups in total. The van der Waals surface area contributed by atoms with Crippen molar-refractivity contribution in [3.8, 4) is 22.8 Å². The second-order valence-electron chi connectivity index (χ2n) is 10.9. The maximum atomic E-state index is 13.4. The summed E-state index contributed by atoms with van der Waals surface area (Å²) in [5.41, 5.74) is 1.91. The first-order valence-electron chi connectivity index (χ1n) is 14.2. The quantitative estimate of drug-likeness (QED) is 0.326. The highest BCUT2D eigenvalue weighted by Gasteiger charge is 2.58. The van der Waals surface area contributed by atoms with Gasteiger partial charge in [0, 0.05) is 30.4 Å². The molecule has 1 saturated carbocycles. The Balaban J connectivity index is 1.45. The standard InChI is InChI=1S/C30H44N4O4/c1-5-21(35)10-8-7-9-11-25(33-29(36)24-19-30(24)14-16-34(6-2)17-15-30)28-31-20-26(32-28)23-13-12-22(37-3)18-27(23)38-4/h12-13,18,20,24-25H,5-11,14-17,19H2,1-4H3,(H,31,32)(H,33,36)/t24-,25+/m1/s1. The number of unbranched alkanes of at least 4 members (excludes halogenated alkanes) is 2. The van der Waals surface area contributed by atoms with E-state index in [1.54, 1.807) is 20.4 Å². The molecule has 2 aromatic rings. The van der Waals surface area contributed by atoms with Gasteiger partial charge in [-0.3, -0.25) is 9.59 Å². The highest BCUT2D eigenvalue weighted by Crippen LogP contribution is 2.59. The molecule has 1 spiro atoms. The van der Waals surface area contributed by atoms with E-state index in [9.17, 15) is 9.59 Å². The number of piperidine rings is 1. The Labute approximate surface area is 226 Å². The van der Waals surface area contributed by atoms with Gasteiger partial charge in [-0.1, -0.05) is 26.7 Å². The molecule has 1 aromatic carbocycles. The van der Waals surface area contributed by atoms with Crippen LogP contribution in [0, 0.1) is 11.3 Å². The SMILES string of the molecule is CCC(=O)CCCCC[C@H](NC(=O)[C@H]1CC12CCN(CC)CC2)c1ncc(-c2ccc(OC)cc2OC)[nH]1. The molecule has 4 rings (SSSR count). The van der Waals surface area contributed by atoms with Gasteiger partial charge in [-0.05, 0) is 69.3 Å². The molecule has 38 heavy (non-hydrogen) atoms. The Morgan fingerprint density at radius 2 is 1.95 bits per heavy atom. The van der Waals surface area contributed by atoms with Crippen LogP contribution in [0.1, 0.15) is 83.5 Å². The Morgan fingerprint density at radius 1 is 1.16 bits per heavy atom. The third kappa shape index (κ3) is 6.57. The molecule has 2 heterocycles. The second kappa shape index (κ2) is 12.8. The Hall–Kier alpha value is -2.87. The third-order valence-corrected chi connectivity index (χ3v) is 8.59. The van der Waals surface area contributed by atoms with Crippen LogP contribution in [0.5, 0.6) is 11.5 Å². The van der Waals surface area contributed by atoms with Crippen molar-refractivity contribution in [3.63, 3.8) is 0 Å². The number of imidazole rings is 1. The van der Waals surface area contributed by atoms with E-state index in [0.717, 1.165) is 87.4 Å². The summed E-state index contributed by atoms with van der Waals surface area (Å²) in [6.45, 7) is 7.38. The molecule has 8 heteroatoms. The van der Waals surface area contributed by atoms with Crippen molar-refractivity contribution in [3.05, 3.63) is 30.2 Å². The van der Waals surface area contributed by atoms with Crippen LogP contribution in [0.4, 0.5) is 0 Å². The van der Waals surface area contributed by atoms with Gasteiger partial charge in [0.25, 0.3) is 0 Å². The van der Waals surface area contributed by atoms with Gasteiger partial charge >= 0.3 is 0 Å². The monoisotopic (exact) mass is 524 g/mol. The van der Waals surface area contributed by atoms with Gasteiger partial charge in [0.1, 0.15) is 23.1 Å². The van der Waals surface area contributed by atoms with Crippen LogP contribution in [-0.2, 0) is 9.59 Å².